The van der Waals surface area contributed by atoms with Gasteiger partial charge in [-0.2, -0.15) is 0 Å². The molecule has 0 saturated heterocycles. The van der Waals surface area contributed by atoms with Crippen molar-refractivity contribution < 1.29 is 14.3 Å². The molecule has 0 aliphatic heterocycles. The van der Waals surface area contributed by atoms with E-state index < -0.39 is 5.97 Å². The minimum Gasteiger partial charge on any atom is -0.478 e. The predicted octanol–water partition coefficient (Wildman–Crippen LogP) is 3.41. The van der Waals surface area contributed by atoms with Gasteiger partial charge in [0.2, 0.25) is 0 Å². The maximum Gasteiger partial charge on any atom is 0.339 e. The second-order valence-corrected chi connectivity index (χ2v) is 3.93. The van der Waals surface area contributed by atoms with Crippen LogP contribution >= 0.6 is 15.9 Å². The lowest BCUT2D eigenvalue weighted by atomic mass is 10.1. The molecule has 0 radical (unpaired) electrons. The number of carboxylic acid groups (broad SMARTS) is 1. The predicted molar refractivity (Wildman–Crippen MR) is 58.8 cm³/mol. The summed E-state index contributed by atoms with van der Waals surface area (Å²) in [5.74, 6) is -0.987. The number of aromatic carboxylic acids is 1. The standard InChI is InChI=1S/C11H7BrO3/c12-8-3-1-2-7(4-8)9-5-15-6-10(9)11(13)14/h1-6H,(H,13,14). The van der Waals surface area contributed by atoms with Gasteiger partial charge in [-0.15, -0.1) is 0 Å². The zero-order chi connectivity index (χ0) is 10.8. The van der Waals surface area contributed by atoms with Crippen LogP contribution in [0.4, 0.5) is 0 Å². The van der Waals surface area contributed by atoms with Gasteiger partial charge < -0.3 is 9.52 Å². The van der Waals surface area contributed by atoms with Crippen LogP contribution in [0.2, 0.25) is 0 Å². The molecule has 1 heterocycles. The van der Waals surface area contributed by atoms with Gasteiger partial charge >= 0.3 is 5.97 Å². The van der Waals surface area contributed by atoms with E-state index in [-0.39, 0.29) is 5.56 Å². The molecule has 0 aliphatic rings. The highest BCUT2D eigenvalue weighted by Gasteiger charge is 2.13. The molecule has 4 heteroatoms. The first-order valence-electron chi connectivity index (χ1n) is 4.24. The Bertz CT molecular complexity index is 502. The molecule has 76 valence electrons. The molecule has 0 spiro atoms. The summed E-state index contributed by atoms with van der Waals surface area (Å²) >= 11 is 3.33. The molecule has 3 nitrogen and oxygen atoms in total. The van der Waals surface area contributed by atoms with Gasteiger partial charge in [-0.25, -0.2) is 4.79 Å². The molecule has 2 aromatic rings. The monoisotopic (exact) mass is 266 g/mol. The van der Waals surface area contributed by atoms with E-state index in [4.69, 9.17) is 9.52 Å². The first-order valence-corrected chi connectivity index (χ1v) is 5.03. The van der Waals surface area contributed by atoms with Crippen LogP contribution in [-0.4, -0.2) is 11.1 Å². The fourth-order valence-corrected chi connectivity index (χ4v) is 1.74. The summed E-state index contributed by atoms with van der Waals surface area (Å²) in [5.41, 5.74) is 1.58. The normalized spacial score (nSPS) is 10.2. The summed E-state index contributed by atoms with van der Waals surface area (Å²) in [4.78, 5) is 10.9. The van der Waals surface area contributed by atoms with E-state index in [0.29, 0.717) is 5.56 Å². The van der Waals surface area contributed by atoms with E-state index in [1.54, 1.807) is 0 Å². The highest BCUT2D eigenvalue weighted by molar-refractivity contribution is 9.10. The lowest BCUT2D eigenvalue weighted by Gasteiger charge is -1.99. The molecule has 0 saturated carbocycles. The average Bonchev–Trinajstić information content (AvgIpc) is 2.65. The smallest absolute Gasteiger partial charge is 0.339 e. The number of halogens is 1. The summed E-state index contributed by atoms with van der Waals surface area (Å²) in [6, 6.07) is 7.40. The molecule has 0 unspecified atom stereocenters. The molecular weight excluding hydrogens is 260 g/mol. The van der Waals surface area contributed by atoms with Crippen molar-refractivity contribution in [3.63, 3.8) is 0 Å². The zero-order valence-corrected chi connectivity index (χ0v) is 9.19. The summed E-state index contributed by atoms with van der Waals surface area (Å²) in [7, 11) is 0. The van der Waals surface area contributed by atoms with Crippen molar-refractivity contribution in [1.29, 1.82) is 0 Å². The van der Waals surface area contributed by atoms with Crippen molar-refractivity contribution in [2.45, 2.75) is 0 Å². The number of carboxylic acids is 1. The van der Waals surface area contributed by atoms with Crippen molar-refractivity contribution in [3.8, 4) is 11.1 Å². The number of hydrogen-bond donors (Lipinski definition) is 1. The number of furan rings is 1. The fourth-order valence-electron chi connectivity index (χ4n) is 1.34. The van der Waals surface area contributed by atoms with Gasteiger partial charge in [0.1, 0.15) is 11.8 Å². The van der Waals surface area contributed by atoms with Crippen LogP contribution in [-0.2, 0) is 0 Å². The molecule has 2 rings (SSSR count). The highest BCUT2D eigenvalue weighted by atomic mass is 79.9. The number of carbonyl (C=O) groups is 1. The lowest BCUT2D eigenvalue weighted by molar-refractivity contribution is 0.0697. The Kier molecular flexibility index (Phi) is 2.60. The third-order valence-corrected chi connectivity index (χ3v) is 2.52. The number of benzene rings is 1. The second-order valence-electron chi connectivity index (χ2n) is 3.01. The van der Waals surface area contributed by atoms with Gasteiger partial charge in [-0.1, -0.05) is 28.1 Å². The average molecular weight is 267 g/mol. The molecule has 0 amide bonds. The Balaban J connectivity index is 2.54. The molecule has 1 N–H and O–H groups in total. The van der Waals surface area contributed by atoms with Crippen LogP contribution in [0.15, 0.2) is 45.7 Å². The Morgan fingerprint density at radius 3 is 2.80 bits per heavy atom. The summed E-state index contributed by atoms with van der Waals surface area (Å²) in [6.07, 6.45) is 2.67. The first-order chi connectivity index (χ1) is 7.18. The first kappa shape index (κ1) is 9.98. The Morgan fingerprint density at radius 1 is 1.33 bits per heavy atom. The Morgan fingerprint density at radius 2 is 2.13 bits per heavy atom. The SMILES string of the molecule is O=C(O)c1cocc1-c1cccc(Br)c1. The fraction of sp³-hybridized carbons (Fsp3) is 0. The maximum absolute atomic E-state index is 10.9. The van der Waals surface area contributed by atoms with Gasteiger partial charge in [0.25, 0.3) is 0 Å². The van der Waals surface area contributed by atoms with Crippen LogP contribution < -0.4 is 0 Å². The number of hydrogen-bond acceptors (Lipinski definition) is 2. The van der Waals surface area contributed by atoms with Gasteiger partial charge in [-0.3, -0.25) is 0 Å². The van der Waals surface area contributed by atoms with E-state index in [1.807, 2.05) is 24.3 Å². The molecular formula is C11H7BrO3. The van der Waals surface area contributed by atoms with Gasteiger partial charge in [-0.05, 0) is 17.7 Å². The Hall–Kier alpha value is -1.55. The third-order valence-electron chi connectivity index (χ3n) is 2.03. The van der Waals surface area contributed by atoms with Gasteiger partial charge in [0.05, 0.1) is 6.26 Å². The van der Waals surface area contributed by atoms with E-state index in [0.717, 1.165) is 10.0 Å². The molecule has 0 fully saturated rings. The lowest BCUT2D eigenvalue weighted by Crippen LogP contribution is -1.95. The molecule has 0 atom stereocenters. The van der Waals surface area contributed by atoms with E-state index in [9.17, 15) is 4.79 Å². The van der Waals surface area contributed by atoms with Crippen LogP contribution in [0.1, 0.15) is 10.4 Å². The molecule has 0 bridgehead atoms. The Labute approximate surface area is 94.5 Å². The van der Waals surface area contributed by atoms with E-state index >= 15 is 0 Å². The van der Waals surface area contributed by atoms with Crippen molar-refractivity contribution in [1.82, 2.24) is 0 Å². The van der Waals surface area contributed by atoms with Crippen LogP contribution in [0.5, 0.6) is 0 Å². The molecule has 0 aliphatic carbocycles. The quantitative estimate of drug-likeness (QED) is 0.907. The van der Waals surface area contributed by atoms with Crippen LogP contribution in [0, 0.1) is 0 Å². The summed E-state index contributed by atoms with van der Waals surface area (Å²) < 4.78 is 5.81. The van der Waals surface area contributed by atoms with Crippen molar-refractivity contribution in [2.75, 3.05) is 0 Å². The molecule has 15 heavy (non-hydrogen) atoms. The van der Waals surface area contributed by atoms with E-state index in [2.05, 4.69) is 15.9 Å². The summed E-state index contributed by atoms with van der Waals surface area (Å²) in [5, 5.41) is 8.91. The summed E-state index contributed by atoms with van der Waals surface area (Å²) in [6.45, 7) is 0. The topological polar surface area (TPSA) is 50.4 Å². The van der Waals surface area contributed by atoms with Gasteiger partial charge in [0.15, 0.2) is 0 Å². The molecule has 1 aromatic carbocycles. The maximum atomic E-state index is 10.9. The van der Waals surface area contributed by atoms with Crippen molar-refractivity contribution in [3.05, 3.63) is 46.8 Å². The van der Waals surface area contributed by atoms with Crippen LogP contribution in [0.3, 0.4) is 0 Å². The minimum atomic E-state index is -0.987. The van der Waals surface area contributed by atoms with Crippen LogP contribution in [0.25, 0.3) is 11.1 Å². The number of rotatable bonds is 2. The largest absolute Gasteiger partial charge is 0.478 e. The van der Waals surface area contributed by atoms with E-state index in [1.165, 1.54) is 12.5 Å². The highest BCUT2D eigenvalue weighted by Crippen LogP contribution is 2.27. The zero-order valence-electron chi connectivity index (χ0n) is 7.61. The second kappa shape index (κ2) is 3.90. The van der Waals surface area contributed by atoms with Crippen molar-refractivity contribution >= 4 is 21.9 Å². The molecule has 1 aromatic heterocycles. The van der Waals surface area contributed by atoms with Gasteiger partial charge in [0, 0.05) is 10.0 Å². The third kappa shape index (κ3) is 1.94. The van der Waals surface area contributed by atoms with Crippen molar-refractivity contribution in [2.24, 2.45) is 0 Å². The minimum absolute atomic E-state index is 0.174.